The van der Waals surface area contributed by atoms with E-state index >= 15 is 0 Å². The maximum atomic E-state index is 10.1. The van der Waals surface area contributed by atoms with Gasteiger partial charge in [0.2, 0.25) is 0 Å². The molecule has 4 atom stereocenters. The maximum absolute atomic E-state index is 10.1. The zero-order chi connectivity index (χ0) is 10.3. The van der Waals surface area contributed by atoms with Gasteiger partial charge >= 0.3 is 0 Å². The number of aliphatic hydroxyl groups is 2. The topological polar surface area (TPSA) is 40.5 Å². The maximum Gasteiger partial charge on any atom is 0.0808 e. The molecular weight excluding hydrogens is 176 g/mol. The fourth-order valence-corrected chi connectivity index (χ4v) is 2.84. The molecule has 0 heterocycles. The van der Waals surface area contributed by atoms with Crippen LogP contribution in [-0.4, -0.2) is 22.4 Å². The van der Waals surface area contributed by atoms with E-state index in [1.165, 1.54) is 0 Å². The molecule has 0 radical (unpaired) electrons. The first kappa shape index (κ1) is 9.94. The highest BCUT2D eigenvalue weighted by molar-refractivity contribution is 5.23. The zero-order valence-corrected chi connectivity index (χ0v) is 8.77. The van der Waals surface area contributed by atoms with Gasteiger partial charge in [0.1, 0.15) is 0 Å². The van der Waals surface area contributed by atoms with Crippen molar-refractivity contribution in [3.8, 4) is 0 Å². The van der Waals surface area contributed by atoms with Gasteiger partial charge in [-0.3, -0.25) is 0 Å². The molecule has 0 spiro atoms. The fraction of sp³-hybridized carbons (Fsp3) is 0.667. The van der Waals surface area contributed by atoms with Crippen molar-refractivity contribution >= 4 is 0 Å². The summed E-state index contributed by atoms with van der Waals surface area (Å²) in [7, 11) is 0. The molecule has 2 N–H and O–H groups in total. The molecule has 0 saturated heterocycles. The standard InChI is InChI=1S/C12H18O2/c1-8-7-10(13)9-5-3-4-6-12(9,2)11(8)14/h3-4,7,9-11,13-14H,5-6H2,1-2H3/t9-,10-,11+,12-/m1/s1. The van der Waals surface area contributed by atoms with E-state index in [4.69, 9.17) is 0 Å². The summed E-state index contributed by atoms with van der Waals surface area (Å²) in [6.07, 6.45) is 6.96. The Morgan fingerprint density at radius 1 is 1.36 bits per heavy atom. The van der Waals surface area contributed by atoms with Crippen LogP contribution in [0, 0.1) is 11.3 Å². The molecule has 0 unspecified atom stereocenters. The van der Waals surface area contributed by atoms with Crippen LogP contribution >= 0.6 is 0 Å². The lowest BCUT2D eigenvalue weighted by Crippen LogP contribution is -2.48. The van der Waals surface area contributed by atoms with Gasteiger partial charge in [-0.1, -0.05) is 25.2 Å². The molecule has 0 bridgehead atoms. The second kappa shape index (κ2) is 3.21. The molecule has 2 rings (SSSR count). The molecule has 2 heteroatoms. The van der Waals surface area contributed by atoms with E-state index in [9.17, 15) is 10.2 Å². The molecule has 0 amide bonds. The van der Waals surface area contributed by atoms with Crippen LogP contribution < -0.4 is 0 Å². The van der Waals surface area contributed by atoms with Crippen molar-refractivity contribution in [1.82, 2.24) is 0 Å². The number of fused-ring (bicyclic) bond motifs is 1. The Kier molecular flexibility index (Phi) is 2.28. The van der Waals surface area contributed by atoms with Gasteiger partial charge in [-0.15, -0.1) is 0 Å². The van der Waals surface area contributed by atoms with Crippen LogP contribution in [0.4, 0.5) is 0 Å². The van der Waals surface area contributed by atoms with E-state index in [0.29, 0.717) is 0 Å². The van der Waals surface area contributed by atoms with E-state index < -0.39 is 12.2 Å². The molecule has 2 aliphatic carbocycles. The third-order valence-corrected chi connectivity index (χ3v) is 3.86. The Hall–Kier alpha value is -0.600. The van der Waals surface area contributed by atoms with Gasteiger partial charge in [0.25, 0.3) is 0 Å². The Bertz CT molecular complexity index is 293. The minimum atomic E-state index is -0.402. The average Bonchev–Trinajstić information content (AvgIpc) is 2.15. The smallest absolute Gasteiger partial charge is 0.0808 e. The van der Waals surface area contributed by atoms with Crippen molar-refractivity contribution in [2.75, 3.05) is 0 Å². The summed E-state index contributed by atoms with van der Waals surface area (Å²) >= 11 is 0. The first-order valence-corrected chi connectivity index (χ1v) is 5.25. The average molecular weight is 194 g/mol. The zero-order valence-electron chi connectivity index (χ0n) is 8.77. The number of allylic oxidation sites excluding steroid dienone is 2. The summed E-state index contributed by atoms with van der Waals surface area (Å²) in [6, 6.07) is 0. The number of rotatable bonds is 0. The van der Waals surface area contributed by atoms with Crippen LogP contribution in [0.1, 0.15) is 26.7 Å². The van der Waals surface area contributed by atoms with Gasteiger partial charge in [0, 0.05) is 11.3 Å². The Labute approximate surface area is 85.0 Å². The Morgan fingerprint density at radius 3 is 2.79 bits per heavy atom. The summed E-state index contributed by atoms with van der Waals surface area (Å²) in [6.45, 7) is 3.97. The van der Waals surface area contributed by atoms with Gasteiger partial charge in [0.15, 0.2) is 0 Å². The predicted octanol–water partition coefficient (Wildman–Crippen LogP) is 1.64. The van der Waals surface area contributed by atoms with Gasteiger partial charge in [-0.25, -0.2) is 0 Å². The molecule has 0 aromatic heterocycles. The molecule has 14 heavy (non-hydrogen) atoms. The Morgan fingerprint density at radius 2 is 2.07 bits per heavy atom. The van der Waals surface area contributed by atoms with Crippen molar-refractivity contribution in [1.29, 1.82) is 0 Å². The molecule has 0 aromatic rings. The van der Waals surface area contributed by atoms with Crippen molar-refractivity contribution in [3.63, 3.8) is 0 Å². The minimum absolute atomic E-state index is 0.172. The van der Waals surface area contributed by atoms with E-state index in [-0.39, 0.29) is 11.3 Å². The molecule has 2 aliphatic rings. The summed E-state index contributed by atoms with van der Waals surface area (Å²) in [5.74, 6) is 0.172. The van der Waals surface area contributed by atoms with Crippen LogP contribution in [-0.2, 0) is 0 Å². The van der Waals surface area contributed by atoms with Gasteiger partial charge in [-0.2, -0.15) is 0 Å². The molecular formula is C12H18O2. The van der Waals surface area contributed by atoms with Crippen molar-refractivity contribution < 1.29 is 10.2 Å². The monoisotopic (exact) mass is 194 g/mol. The first-order valence-electron chi connectivity index (χ1n) is 5.25. The van der Waals surface area contributed by atoms with Gasteiger partial charge in [-0.05, 0) is 25.3 Å². The normalized spacial score (nSPS) is 47.1. The second-order valence-corrected chi connectivity index (χ2v) is 4.83. The lowest BCUT2D eigenvalue weighted by molar-refractivity contribution is -0.0424. The highest BCUT2D eigenvalue weighted by atomic mass is 16.3. The SMILES string of the molecule is CC1=C[C@@H](O)[C@H]2CC=CC[C@@]2(C)[C@H]1O. The number of hydrogen-bond donors (Lipinski definition) is 2. The summed E-state index contributed by atoms with van der Waals surface area (Å²) in [5.41, 5.74) is 0.735. The predicted molar refractivity (Wildman–Crippen MR) is 55.7 cm³/mol. The van der Waals surface area contributed by atoms with E-state index in [0.717, 1.165) is 18.4 Å². The highest BCUT2D eigenvalue weighted by Crippen LogP contribution is 2.47. The lowest BCUT2D eigenvalue weighted by Gasteiger charge is -2.47. The summed E-state index contributed by atoms with van der Waals surface area (Å²) in [4.78, 5) is 0. The quantitative estimate of drug-likeness (QED) is 0.575. The third kappa shape index (κ3) is 1.25. The fourth-order valence-electron chi connectivity index (χ4n) is 2.84. The van der Waals surface area contributed by atoms with Gasteiger partial charge in [0.05, 0.1) is 12.2 Å². The number of aliphatic hydroxyl groups excluding tert-OH is 2. The van der Waals surface area contributed by atoms with Crippen molar-refractivity contribution in [2.24, 2.45) is 11.3 Å². The van der Waals surface area contributed by atoms with Gasteiger partial charge < -0.3 is 10.2 Å². The van der Waals surface area contributed by atoms with E-state index in [2.05, 4.69) is 19.1 Å². The van der Waals surface area contributed by atoms with Crippen LogP contribution in [0.25, 0.3) is 0 Å². The lowest BCUT2D eigenvalue weighted by atomic mass is 9.60. The molecule has 2 nitrogen and oxygen atoms in total. The van der Waals surface area contributed by atoms with Crippen molar-refractivity contribution in [3.05, 3.63) is 23.8 Å². The number of hydrogen-bond acceptors (Lipinski definition) is 2. The summed E-state index contributed by atoms with van der Waals surface area (Å²) < 4.78 is 0. The minimum Gasteiger partial charge on any atom is -0.389 e. The Balaban J connectivity index is 2.39. The van der Waals surface area contributed by atoms with Crippen LogP contribution in [0.2, 0.25) is 0 Å². The van der Waals surface area contributed by atoms with Crippen LogP contribution in [0.5, 0.6) is 0 Å². The van der Waals surface area contributed by atoms with E-state index in [1.54, 1.807) is 6.08 Å². The molecule has 0 aromatic carbocycles. The van der Waals surface area contributed by atoms with E-state index in [1.807, 2.05) is 6.92 Å². The second-order valence-electron chi connectivity index (χ2n) is 4.83. The van der Waals surface area contributed by atoms with Crippen LogP contribution in [0.3, 0.4) is 0 Å². The highest BCUT2D eigenvalue weighted by Gasteiger charge is 2.46. The van der Waals surface area contributed by atoms with Crippen molar-refractivity contribution in [2.45, 2.75) is 38.9 Å². The molecule has 0 aliphatic heterocycles. The largest absolute Gasteiger partial charge is 0.389 e. The molecule has 0 saturated carbocycles. The third-order valence-electron chi connectivity index (χ3n) is 3.86. The summed E-state index contributed by atoms with van der Waals surface area (Å²) in [5, 5.41) is 20.1. The first-order chi connectivity index (χ1) is 6.55. The van der Waals surface area contributed by atoms with Crippen LogP contribution in [0.15, 0.2) is 23.8 Å². The molecule has 0 fully saturated rings. The molecule has 78 valence electrons.